The predicted octanol–water partition coefficient (Wildman–Crippen LogP) is 1.85. The molecule has 0 saturated carbocycles. The molecule has 0 radical (unpaired) electrons. The Morgan fingerprint density at radius 1 is 1.50 bits per heavy atom. The number of rotatable bonds is 4. The fraction of sp³-hybridized carbons (Fsp3) is 0.636. The third kappa shape index (κ3) is 3.45. The van der Waals surface area contributed by atoms with Crippen molar-refractivity contribution in [1.29, 1.82) is 0 Å². The Labute approximate surface area is 110 Å². The van der Waals surface area contributed by atoms with Crippen LogP contribution in [0.15, 0.2) is 15.9 Å². The Morgan fingerprint density at radius 2 is 2.25 bits per heavy atom. The monoisotopic (exact) mass is 303 g/mol. The minimum atomic E-state index is 1.10. The lowest BCUT2D eigenvalue weighted by Crippen LogP contribution is -2.45. The SMILES string of the molecule is CN(CCN1CCNCC1)c1cc(Br)cs1. The molecule has 1 aromatic rings. The molecule has 1 fully saturated rings. The Balaban J connectivity index is 1.76. The number of nitrogens with zero attached hydrogens (tertiary/aromatic N) is 2. The standard InChI is InChI=1S/C11H18BrN3S/c1-14(11-8-10(12)9-16-11)6-7-15-4-2-13-3-5-15/h8-9,13H,2-7H2,1H3. The third-order valence-electron chi connectivity index (χ3n) is 2.89. The van der Waals surface area contributed by atoms with Gasteiger partial charge < -0.3 is 10.2 Å². The third-order valence-corrected chi connectivity index (χ3v) is 4.69. The maximum atomic E-state index is 3.49. The number of piperazine rings is 1. The van der Waals surface area contributed by atoms with Gasteiger partial charge in [-0.3, -0.25) is 4.90 Å². The molecular formula is C11H18BrN3S. The first kappa shape index (κ1) is 12.4. The molecule has 0 bridgehead atoms. The molecule has 16 heavy (non-hydrogen) atoms. The molecule has 0 atom stereocenters. The Morgan fingerprint density at radius 3 is 2.88 bits per heavy atom. The molecule has 1 aromatic heterocycles. The summed E-state index contributed by atoms with van der Waals surface area (Å²) in [6.45, 7) is 6.90. The van der Waals surface area contributed by atoms with Gasteiger partial charge in [-0.15, -0.1) is 11.3 Å². The van der Waals surface area contributed by atoms with E-state index in [9.17, 15) is 0 Å². The van der Waals surface area contributed by atoms with Gasteiger partial charge in [0.05, 0.1) is 5.00 Å². The summed E-state index contributed by atoms with van der Waals surface area (Å²) >= 11 is 5.29. The van der Waals surface area contributed by atoms with Crippen LogP contribution in [0.3, 0.4) is 0 Å². The molecule has 1 saturated heterocycles. The summed E-state index contributed by atoms with van der Waals surface area (Å²) in [5, 5.41) is 6.85. The lowest BCUT2D eigenvalue weighted by atomic mass is 10.3. The summed E-state index contributed by atoms with van der Waals surface area (Å²) in [5.41, 5.74) is 0. The zero-order valence-electron chi connectivity index (χ0n) is 9.58. The number of hydrogen-bond acceptors (Lipinski definition) is 4. The molecule has 2 heterocycles. The maximum Gasteiger partial charge on any atom is 0.0918 e. The first-order valence-corrected chi connectivity index (χ1v) is 7.31. The van der Waals surface area contributed by atoms with Gasteiger partial charge in [0.15, 0.2) is 0 Å². The molecule has 1 aliphatic rings. The van der Waals surface area contributed by atoms with Crippen molar-refractivity contribution in [2.45, 2.75) is 0 Å². The smallest absolute Gasteiger partial charge is 0.0918 e. The Kier molecular flexibility index (Phi) is 4.64. The van der Waals surface area contributed by atoms with E-state index in [4.69, 9.17) is 0 Å². The second-order valence-electron chi connectivity index (χ2n) is 4.12. The van der Waals surface area contributed by atoms with E-state index < -0.39 is 0 Å². The van der Waals surface area contributed by atoms with E-state index in [1.807, 2.05) is 0 Å². The summed E-state index contributed by atoms with van der Waals surface area (Å²) in [6, 6.07) is 2.18. The lowest BCUT2D eigenvalue weighted by molar-refractivity contribution is 0.246. The van der Waals surface area contributed by atoms with Gasteiger partial charge in [0.25, 0.3) is 0 Å². The van der Waals surface area contributed by atoms with E-state index in [0.29, 0.717) is 0 Å². The van der Waals surface area contributed by atoms with Gasteiger partial charge in [0.2, 0.25) is 0 Å². The minimum absolute atomic E-state index is 1.10. The van der Waals surface area contributed by atoms with Crippen molar-refractivity contribution in [1.82, 2.24) is 10.2 Å². The van der Waals surface area contributed by atoms with Gasteiger partial charge in [-0.05, 0) is 22.0 Å². The van der Waals surface area contributed by atoms with Crippen molar-refractivity contribution in [3.8, 4) is 0 Å². The molecular weight excluding hydrogens is 286 g/mol. The van der Waals surface area contributed by atoms with Crippen LogP contribution in [0.4, 0.5) is 5.00 Å². The molecule has 0 unspecified atom stereocenters. The number of likely N-dealkylation sites (N-methyl/N-ethyl adjacent to an activating group) is 1. The highest BCUT2D eigenvalue weighted by Crippen LogP contribution is 2.27. The summed E-state index contributed by atoms with van der Waals surface area (Å²) in [7, 11) is 2.17. The molecule has 0 aromatic carbocycles. The number of hydrogen-bond donors (Lipinski definition) is 1. The highest BCUT2D eigenvalue weighted by molar-refractivity contribution is 9.10. The topological polar surface area (TPSA) is 18.5 Å². The molecule has 5 heteroatoms. The fourth-order valence-corrected chi connectivity index (χ4v) is 3.26. The van der Waals surface area contributed by atoms with Crippen molar-refractivity contribution in [3.63, 3.8) is 0 Å². The van der Waals surface area contributed by atoms with Crippen LogP contribution in [0, 0.1) is 0 Å². The second-order valence-corrected chi connectivity index (χ2v) is 5.92. The molecule has 2 rings (SSSR count). The summed E-state index contributed by atoms with van der Waals surface area (Å²) in [5.74, 6) is 0. The quantitative estimate of drug-likeness (QED) is 0.916. The highest BCUT2D eigenvalue weighted by atomic mass is 79.9. The van der Waals surface area contributed by atoms with Crippen molar-refractivity contribution >= 4 is 32.3 Å². The van der Waals surface area contributed by atoms with Gasteiger partial charge in [-0.1, -0.05) is 0 Å². The molecule has 1 N–H and O–H groups in total. The van der Waals surface area contributed by atoms with E-state index in [-0.39, 0.29) is 0 Å². The first-order valence-electron chi connectivity index (χ1n) is 5.64. The summed E-state index contributed by atoms with van der Waals surface area (Å²) in [6.07, 6.45) is 0. The molecule has 90 valence electrons. The van der Waals surface area contributed by atoms with E-state index in [0.717, 1.165) is 26.2 Å². The number of nitrogens with one attached hydrogen (secondary N) is 1. The van der Waals surface area contributed by atoms with Crippen LogP contribution in [0.1, 0.15) is 0 Å². The molecule has 0 aliphatic carbocycles. The average Bonchev–Trinajstić information content (AvgIpc) is 2.74. The molecule has 1 aliphatic heterocycles. The fourth-order valence-electron chi connectivity index (χ4n) is 1.84. The van der Waals surface area contributed by atoms with E-state index in [1.54, 1.807) is 11.3 Å². The van der Waals surface area contributed by atoms with Gasteiger partial charge in [0, 0.05) is 56.2 Å². The van der Waals surface area contributed by atoms with Crippen molar-refractivity contribution in [3.05, 3.63) is 15.9 Å². The number of halogens is 1. The summed E-state index contributed by atoms with van der Waals surface area (Å²) in [4.78, 5) is 4.85. The van der Waals surface area contributed by atoms with Crippen molar-refractivity contribution in [2.24, 2.45) is 0 Å². The van der Waals surface area contributed by atoms with Crippen molar-refractivity contribution < 1.29 is 0 Å². The van der Waals surface area contributed by atoms with Gasteiger partial charge in [-0.2, -0.15) is 0 Å². The highest BCUT2D eigenvalue weighted by Gasteiger charge is 2.10. The van der Waals surface area contributed by atoms with Crippen molar-refractivity contribution in [2.75, 3.05) is 51.2 Å². The van der Waals surface area contributed by atoms with Crippen LogP contribution >= 0.6 is 27.3 Å². The minimum Gasteiger partial charge on any atom is -0.365 e. The van der Waals surface area contributed by atoms with Crippen LogP contribution < -0.4 is 10.2 Å². The van der Waals surface area contributed by atoms with Crippen LogP contribution in [0.25, 0.3) is 0 Å². The predicted molar refractivity (Wildman–Crippen MR) is 74.6 cm³/mol. The van der Waals surface area contributed by atoms with E-state index >= 15 is 0 Å². The molecule has 0 spiro atoms. The number of anilines is 1. The largest absolute Gasteiger partial charge is 0.365 e. The van der Waals surface area contributed by atoms with Gasteiger partial charge in [0.1, 0.15) is 0 Å². The van der Waals surface area contributed by atoms with Crippen LogP contribution in [0.2, 0.25) is 0 Å². The van der Waals surface area contributed by atoms with E-state index in [2.05, 4.69) is 49.5 Å². The zero-order chi connectivity index (χ0) is 11.4. The summed E-state index contributed by atoms with van der Waals surface area (Å²) < 4.78 is 1.18. The second kappa shape index (κ2) is 6.00. The van der Waals surface area contributed by atoms with Crippen LogP contribution in [0.5, 0.6) is 0 Å². The number of thiophene rings is 1. The normalized spacial score (nSPS) is 17.6. The Bertz CT molecular complexity index is 323. The van der Waals surface area contributed by atoms with Crippen LogP contribution in [-0.4, -0.2) is 51.2 Å². The molecule has 0 amide bonds. The van der Waals surface area contributed by atoms with E-state index in [1.165, 1.54) is 22.6 Å². The average molecular weight is 304 g/mol. The van der Waals surface area contributed by atoms with Gasteiger partial charge in [-0.25, -0.2) is 0 Å². The Hall–Kier alpha value is -0.100. The lowest BCUT2D eigenvalue weighted by Gasteiger charge is -2.29. The van der Waals surface area contributed by atoms with Crippen LogP contribution in [-0.2, 0) is 0 Å². The first-order chi connectivity index (χ1) is 7.75. The van der Waals surface area contributed by atoms with Gasteiger partial charge >= 0.3 is 0 Å². The zero-order valence-corrected chi connectivity index (χ0v) is 12.0. The maximum absolute atomic E-state index is 3.49. The molecule has 3 nitrogen and oxygen atoms in total.